The highest BCUT2D eigenvalue weighted by Crippen LogP contribution is 2.34. The minimum Gasteiger partial charge on any atom is -0.479 e. The molecule has 23 nitrogen and oxygen atoms in total. The maximum Gasteiger partial charge on any atom is 0.336 e. The zero-order chi connectivity index (χ0) is 40.7. The molecule has 1 aromatic heterocycles. The number of ether oxygens (including phenoxy) is 8. The zero-order valence-electron chi connectivity index (χ0n) is 29.3. The standard InChI is InChI=1S/C33H44O23/c1-9-4-16(36)50-12-5-10(2-3-11(9)12)49-30-22(42)17(37)15(8-48-30)53-32-24(44)26(18(38)13(6-34)51-32)55-33-25(45)27(19(39)14(7-35)52-33)54-31-23(43)20(40)21(41)28(56-31)29(46)47/h2-5,13-15,17-28,30-35,37-45H,6-8H2,1H3,(H,46,47)/t13-,14-,15-,17+,18+,19+,20+,21+,22-,23-,24-,25-,26+,27+,28+,30+,31-,32+,33+/m1/s1. The quantitative estimate of drug-likeness (QED) is 0.0939. The molecule has 0 saturated carbocycles. The van der Waals surface area contributed by atoms with Crippen molar-refractivity contribution in [2.24, 2.45) is 0 Å². The lowest BCUT2D eigenvalue weighted by Crippen LogP contribution is -2.67. The Labute approximate surface area is 314 Å². The molecule has 23 heteroatoms. The summed E-state index contributed by atoms with van der Waals surface area (Å²) in [5.41, 5.74) is 0.264. The Bertz CT molecular complexity index is 1710. The number of rotatable bonds is 11. The van der Waals surface area contributed by atoms with E-state index in [1.54, 1.807) is 13.0 Å². The fourth-order valence-corrected chi connectivity index (χ4v) is 6.80. The molecule has 19 atom stereocenters. The minimum atomic E-state index is -2.13. The first-order valence-corrected chi connectivity index (χ1v) is 17.4. The Balaban J connectivity index is 1.13. The number of hydrogen-bond acceptors (Lipinski definition) is 22. The highest BCUT2D eigenvalue weighted by molar-refractivity contribution is 5.81. The summed E-state index contributed by atoms with van der Waals surface area (Å²) >= 11 is 0. The van der Waals surface area contributed by atoms with E-state index in [1.165, 1.54) is 18.2 Å². The Morgan fingerprint density at radius 3 is 1.80 bits per heavy atom. The van der Waals surface area contributed by atoms with Crippen molar-refractivity contribution in [2.45, 2.75) is 124 Å². The second-order valence-electron chi connectivity index (χ2n) is 13.7. The first kappa shape index (κ1) is 42.6. The summed E-state index contributed by atoms with van der Waals surface area (Å²) in [6, 6.07) is 5.85. The van der Waals surface area contributed by atoms with E-state index >= 15 is 0 Å². The summed E-state index contributed by atoms with van der Waals surface area (Å²) in [6.07, 6.45) is -35.7. The number of aliphatic carboxylic acids is 1. The maximum absolute atomic E-state index is 11.8. The summed E-state index contributed by atoms with van der Waals surface area (Å²) in [6.45, 7) is -0.603. The van der Waals surface area contributed by atoms with E-state index < -0.39 is 148 Å². The van der Waals surface area contributed by atoms with Crippen LogP contribution in [0.15, 0.2) is 33.5 Å². The zero-order valence-corrected chi connectivity index (χ0v) is 29.3. The van der Waals surface area contributed by atoms with Gasteiger partial charge in [0.1, 0.15) is 96.8 Å². The van der Waals surface area contributed by atoms with Crippen molar-refractivity contribution in [1.29, 1.82) is 0 Å². The SMILES string of the molecule is Cc1cc(=O)oc2cc(O[C@@H]3OC[C@@H](O[C@@H]4O[C@H](CO)[C@H](O)[C@H](O[C@@H]5O[C@H](CO)[C@H](O)[C@H](O[C@@H]6O[C@H](C(=O)O)[C@@H](O)[C@H](O)[C@H]6O)[C@H]5O)[C@H]4O)[C@H](O)[C@H]3O)ccc12. The van der Waals surface area contributed by atoms with Crippen LogP contribution < -0.4 is 10.4 Å². The molecule has 0 aliphatic carbocycles. The third-order valence-electron chi connectivity index (χ3n) is 9.96. The van der Waals surface area contributed by atoms with Gasteiger partial charge in [0.05, 0.1) is 19.8 Å². The maximum atomic E-state index is 11.8. The number of benzene rings is 1. The molecule has 0 amide bonds. The van der Waals surface area contributed by atoms with Crippen LogP contribution in [0.1, 0.15) is 5.56 Å². The van der Waals surface area contributed by atoms with Crippen LogP contribution in [-0.2, 0) is 38.0 Å². The molecular formula is C33H44O23. The highest BCUT2D eigenvalue weighted by atomic mass is 16.8. The van der Waals surface area contributed by atoms with Gasteiger partial charge in [0.2, 0.25) is 6.29 Å². The van der Waals surface area contributed by atoms with Crippen molar-refractivity contribution in [3.05, 3.63) is 40.2 Å². The van der Waals surface area contributed by atoms with Crippen molar-refractivity contribution in [3.8, 4) is 5.75 Å². The van der Waals surface area contributed by atoms with E-state index in [-0.39, 0.29) is 11.3 Å². The normalized spacial score (nSPS) is 43.4. The molecule has 12 N–H and O–H groups in total. The van der Waals surface area contributed by atoms with Crippen molar-refractivity contribution >= 4 is 16.9 Å². The number of hydrogen-bond donors (Lipinski definition) is 12. The molecule has 56 heavy (non-hydrogen) atoms. The number of fused-ring (bicyclic) bond motifs is 1. The van der Waals surface area contributed by atoms with Crippen LogP contribution >= 0.6 is 0 Å². The largest absolute Gasteiger partial charge is 0.479 e. The van der Waals surface area contributed by atoms with Gasteiger partial charge in [0, 0.05) is 17.5 Å². The summed E-state index contributed by atoms with van der Waals surface area (Å²) in [5, 5.41) is 126. The number of carboxylic acid groups (broad SMARTS) is 1. The van der Waals surface area contributed by atoms with E-state index in [0.29, 0.717) is 10.9 Å². The van der Waals surface area contributed by atoms with E-state index in [1.807, 2.05) is 0 Å². The Kier molecular flexibility index (Phi) is 13.3. The van der Waals surface area contributed by atoms with Gasteiger partial charge >= 0.3 is 11.6 Å². The summed E-state index contributed by atoms with van der Waals surface area (Å²) < 4.78 is 49.3. The number of aliphatic hydroxyl groups is 11. The summed E-state index contributed by atoms with van der Waals surface area (Å²) in [7, 11) is 0. The minimum absolute atomic E-state index is 0.117. The molecule has 5 heterocycles. The van der Waals surface area contributed by atoms with E-state index in [2.05, 4.69) is 0 Å². The van der Waals surface area contributed by atoms with Crippen LogP contribution in [0.2, 0.25) is 0 Å². The third kappa shape index (κ3) is 8.42. The Hall–Kier alpha value is -3.02. The molecule has 0 spiro atoms. The smallest absolute Gasteiger partial charge is 0.336 e. The molecule has 0 unspecified atom stereocenters. The predicted molar refractivity (Wildman–Crippen MR) is 174 cm³/mol. The highest BCUT2D eigenvalue weighted by Gasteiger charge is 2.55. The van der Waals surface area contributed by atoms with Gasteiger partial charge in [0.15, 0.2) is 25.0 Å². The Morgan fingerprint density at radius 1 is 0.679 bits per heavy atom. The fraction of sp³-hybridized carbons (Fsp3) is 0.697. The van der Waals surface area contributed by atoms with Crippen molar-refractivity contribution in [3.63, 3.8) is 0 Å². The second-order valence-corrected chi connectivity index (χ2v) is 13.7. The van der Waals surface area contributed by atoms with E-state index in [9.17, 15) is 70.9 Å². The van der Waals surface area contributed by atoms with Gasteiger partial charge in [-0.2, -0.15) is 0 Å². The van der Waals surface area contributed by atoms with Crippen molar-refractivity contribution in [1.82, 2.24) is 0 Å². The molecule has 4 fully saturated rings. The lowest BCUT2D eigenvalue weighted by molar-refractivity contribution is -0.384. The lowest BCUT2D eigenvalue weighted by atomic mass is 9.96. The van der Waals surface area contributed by atoms with Crippen LogP contribution in [-0.4, -0.2) is 204 Å². The molecule has 4 aliphatic rings. The molecule has 0 bridgehead atoms. The topological polar surface area (TPSA) is 364 Å². The Morgan fingerprint density at radius 2 is 1.23 bits per heavy atom. The van der Waals surface area contributed by atoms with Gasteiger partial charge in [-0.1, -0.05) is 0 Å². The van der Waals surface area contributed by atoms with Gasteiger partial charge < -0.3 is 104 Å². The number of carboxylic acids is 1. The third-order valence-corrected chi connectivity index (χ3v) is 9.96. The van der Waals surface area contributed by atoms with Crippen LogP contribution in [0, 0.1) is 6.92 Å². The van der Waals surface area contributed by atoms with Gasteiger partial charge in [-0.15, -0.1) is 0 Å². The monoisotopic (exact) mass is 808 g/mol. The predicted octanol–water partition coefficient (Wildman–Crippen LogP) is -6.52. The van der Waals surface area contributed by atoms with Crippen LogP contribution in [0.3, 0.4) is 0 Å². The molecule has 6 rings (SSSR count). The summed E-state index contributed by atoms with van der Waals surface area (Å²) in [4.78, 5) is 23.4. The lowest BCUT2D eigenvalue weighted by Gasteiger charge is -2.48. The molecule has 4 aliphatic heterocycles. The first-order chi connectivity index (χ1) is 26.5. The molecule has 1 aromatic carbocycles. The molecular weight excluding hydrogens is 764 g/mol. The van der Waals surface area contributed by atoms with Gasteiger partial charge in [-0.3, -0.25) is 0 Å². The van der Waals surface area contributed by atoms with Gasteiger partial charge in [0.25, 0.3) is 0 Å². The number of aliphatic hydroxyl groups excluding tert-OH is 11. The number of aryl methyl sites for hydroxylation is 1. The van der Waals surface area contributed by atoms with Crippen LogP contribution in [0.25, 0.3) is 11.0 Å². The second kappa shape index (κ2) is 17.5. The van der Waals surface area contributed by atoms with Gasteiger partial charge in [-0.25, -0.2) is 9.59 Å². The van der Waals surface area contributed by atoms with Crippen molar-refractivity contribution < 1.29 is 108 Å². The van der Waals surface area contributed by atoms with Crippen LogP contribution in [0.5, 0.6) is 5.75 Å². The molecule has 314 valence electrons. The first-order valence-electron chi connectivity index (χ1n) is 17.4. The number of carbonyl (C=O) groups is 1. The van der Waals surface area contributed by atoms with Gasteiger partial charge in [-0.05, 0) is 24.6 Å². The fourth-order valence-electron chi connectivity index (χ4n) is 6.80. The molecule has 2 aromatic rings. The molecule has 0 radical (unpaired) electrons. The average Bonchev–Trinajstić information content (AvgIpc) is 3.16. The van der Waals surface area contributed by atoms with Crippen molar-refractivity contribution in [2.75, 3.05) is 19.8 Å². The van der Waals surface area contributed by atoms with E-state index in [4.69, 9.17) is 42.3 Å². The average molecular weight is 809 g/mol. The van der Waals surface area contributed by atoms with Crippen LogP contribution in [0.4, 0.5) is 0 Å². The summed E-state index contributed by atoms with van der Waals surface area (Å²) in [5.74, 6) is -1.63. The molecule has 4 saturated heterocycles. The van der Waals surface area contributed by atoms with E-state index in [0.717, 1.165) is 0 Å².